The minimum atomic E-state index is -0.645. The van der Waals surface area contributed by atoms with E-state index in [-0.39, 0.29) is 0 Å². The summed E-state index contributed by atoms with van der Waals surface area (Å²) in [6.45, 7) is 6.82. The van der Waals surface area contributed by atoms with E-state index in [0.717, 1.165) is 19.5 Å². The molecule has 0 aromatic carbocycles. The van der Waals surface area contributed by atoms with Gasteiger partial charge in [0.2, 0.25) is 0 Å². The summed E-state index contributed by atoms with van der Waals surface area (Å²) in [5, 5.41) is 8.94. The number of hydrogen-bond acceptors (Lipinski definition) is 3. The van der Waals surface area contributed by atoms with Crippen LogP contribution in [-0.4, -0.2) is 59.1 Å². The van der Waals surface area contributed by atoms with E-state index in [1.807, 2.05) is 0 Å². The highest BCUT2D eigenvalue weighted by Crippen LogP contribution is 2.27. The van der Waals surface area contributed by atoms with E-state index in [1.54, 1.807) is 0 Å². The smallest absolute Gasteiger partial charge is 0.304 e. The number of piperidine rings is 1. The van der Waals surface area contributed by atoms with Crippen molar-refractivity contribution in [1.29, 1.82) is 0 Å². The summed E-state index contributed by atoms with van der Waals surface area (Å²) in [4.78, 5) is 15.8. The van der Waals surface area contributed by atoms with Gasteiger partial charge in [0.05, 0.1) is 6.42 Å². The Kier molecular flexibility index (Phi) is 4.40. The molecule has 4 nitrogen and oxygen atoms in total. The van der Waals surface area contributed by atoms with Crippen molar-refractivity contribution in [3.63, 3.8) is 0 Å². The average molecular weight is 240 g/mol. The third-order valence-corrected chi connectivity index (χ3v) is 4.31. The maximum Gasteiger partial charge on any atom is 0.304 e. The molecule has 0 amide bonds. The first-order valence-electron chi connectivity index (χ1n) is 6.90. The lowest BCUT2D eigenvalue weighted by molar-refractivity contribution is -0.138. The van der Waals surface area contributed by atoms with Crippen molar-refractivity contribution < 1.29 is 9.90 Å². The minimum absolute atomic E-state index is 0.297. The molecular formula is C13H24N2O2. The Morgan fingerprint density at radius 2 is 1.94 bits per heavy atom. The number of nitrogens with zero attached hydrogens (tertiary/aromatic N) is 2. The topological polar surface area (TPSA) is 43.8 Å². The predicted molar refractivity (Wildman–Crippen MR) is 67.1 cm³/mol. The van der Waals surface area contributed by atoms with Gasteiger partial charge < -0.3 is 10.0 Å². The number of carboxylic acids is 1. The van der Waals surface area contributed by atoms with Gasteiger partial charge in [-0.1, -0.05) is 6.92 Å². The summed E-state index contributed by atoms with van der Waals surface area (Å²) in [7, 11) is 0. The van der Waals surface area contributed by atoms with Crippen LogP contribution in [0.25, 0.3) is 0 Å². The lowest BCUT2D eigenvalue weighted by Crippen LogP contribution is -2.47. The summed E-state index contributed by atoms with van der Waals surface area (Å²) in [5.41, 5.74) is 0. The molecule has 1 atom stereocenters. The number of hydrogen-bond donors (Lipinski definition) is 1. The highest BCUT2D eigenvalue weighted by molar-refractivity contribution is 5.67. The van der Waals surface area contributed by atoms with Crippen LogP contribution in [0.2, 0.25) is 0 Å². The fourth-order valence-electron chi connectivity index (χ4n) is 3.33. The van der Waals surface area contributed by atoms with E-state index in [0.29, 0.717) is 18.5 Å². The van der Waals surface area contributed by atoms with Crippen molar-refractivity contribution in [2.75, 3.05) is 26.2 Å². The molecule has 98 valence electrons. The van der Waals surface area contributed by atoms with E-state index < -0.39 is 5.97 Å². The zero-order valence-electron chi connectivity index (χ0n) is 10.8. The third kappa shape index (κ3) is 3.19. The molecule has 0 aromatic rings. The van der Waals surface area contributed by atoms with Crippen LogP contribution in [-0.2, 0) is 4.79 Å². The Morgan fingerprint density at radius 1 is 1.24 bits per heavy atom. The standard InChI is InChI=1S/C13H24N2O2/c1-2-14-8-5-11(6-9-14)15-7-3-4-12(15)10-13(16)17/h11-12H,2-10H2,1H3,(H,16,17). The van der Waals surface area contributed by atoms with E-state index >= 15 is 0 Å². The Bertz CT molecular complexity index is 262. The molecule has 0 aromatic heterocycles. The number of carbonyl (C=O) groups is 1. The number of aliphatic carboxylic acids is 1. The van der Waals surface area contributed by atoms with E-state index in [4.69, 9.17) is 5.11 Å². The van der Waals surface area contributed by atoms with Crippen LogP contribution in [0.15, 0.2) is 0 Å². The maximum atomic E-state index is 10.8. The largest absolute Gasteiger partial charge is 0.481 e. The molecule has 2 saturated heterocycles. The van der Waals surface area contributed by atoms with Crippen LogP contribution in [0.4, 0.5) is 0 Å². The quantitative estimate of drug-likeness (QED) is 0.807. The van der Waals surface area contributed by atoms with E-state index in [1.165, 1.54) is 32.4 Å². The van der Waals surface area contributed by atoms with Crippen LogP contribution >= 0.6 is 0 Å². The van der Waals surface area contributed by atoms with E-state index in [2.05, 4.69) is 16.7 Å². The minimum Gasteiger partial charge on any atom is -0.481 e. The molecule has 2 aliphatic rings. The molecule has 17 heavy (non-hydrogen) atoms. The number of likely N-dealkylation sites (tertiary alicyclic amines) is 2. The van der Waals surface area contributed by atoms with E-state index in [9.17, 15) is 4.79 Å². The molecule has 0 radical (unpaired) electrons. The number of rotatable bonds is 4. The van der Waals surface area contributed by atoms with Crippen LogP contribution in [0.1, 0.15) is 39.0 Å². The third-order valence-electron chi connectivity index (χ3n) is 4.31. The van der Waals surface area contributed by atoms with Crippen molar-refractivity contribution in [1.82, 2.24) is 9.80 Å². The van der Waals surface area contributed by atoms with Crippen molar-refractivity contribution in [2.45, 2.75) is 51.1 Å². The van der Waals surface area contributed by atoms with Gasteiger partial charge in [-0.2, -0.15) is 0 Å². The SMILES string of the molecule is CCN1CCC(N2CCCC2CC(=O)O)CC1. The van der Waals surface area contributed by atoms with Gasteiger partial charge in [0.15, 0.2) is 0 Å². The summed E-state index contributed by atoms with van der Waals surface area (Å²) >= 11 is 0. The Morgan fingerprint density at radius 3 is 2.53 bits per heavy atom. The second kappa shape index (κ2) is 5.83. The Hall–Kier alpha value is -0.610. The lowest BCUT2D eigenvalue weighted by Gasteiger charge is -2.38. The fraction of sp³-hybridized carbons (Fsp3) is 0.923. The van der Waals surface area contributed by atoms with Crippen molar-refractivity contribution in [2.24, 2.45) is 0 Å². The zero-order valence-corrected chi connectivity index (χ0v) is 10.8. The molecule has 1 unspecified atom stereocenters. The van der Waals surface area contributed by atoms with Crippen LogP contribution in [0.5, 0.6) is 0 Å². The van der Waals surface area contributed by atoms with Gasteiger partial charge in [0.25, 0.3) is 0 Å². The van der Waals surface area contributed by atoms with Gasteiger partial charge in [-0.3, -0.25) is 9.69 Å². The summed E-state index contributed by atoms with van der Waals surface area (Å²) in [6.07, 6.45) is 4.99. The Balaban J connectivity index is 1.86. The zero-order chi connectivity index (χ0) is 12.3. The predicted octanol–water partition coefficient (Wildman–Crippen LogP) is 1.41. The summed E-state index contributed by atoms with van der Waals surface area (Å²) in [5.74, 6) is -0.645. The monoisotopic (exact) mass is 240 g/mol. The maximum absolute atomic E-state index is 10.8. The van der Waals surface area contributed by atoms with Crippen LogP contribution in [0.3, 0.4) is 0 Å². The first-order valence-corrected chi connectivity index (χ1v) is 6.90. The van der Waals surface area contributed by atoms with Gasteiger partial charge in [-0.25, -0.2) is 0 Å². The molecule has 1 N–H and O–H groups in total. The van der Waals surface area contributed by atoms with Crippen LogP contribution < -0.4 is 0 Å². The highest BCUT2D eigenvalue weighted by Gasteiger charge is 2.33. The highest BCUT2D eigenvalue weighted by atomic mass is 16.4. The van der Waals surface area contributed by atoms with Gasteiger partial charge in [0.1, 0.15) is 0 Å². The van der Waals surface area contributed by atoms with Crippen molar-refractivity contribution in [3.05, 3.63) is 0 Å². The molecule has 2 fully saturated rings. The van der Waals surface area contributed by atoms with Gasteiger partial charge in [-0.15, -0.1) is 0 Å². The number of carboxylic acid groups (broad SMARTS) is 1. The summed E-state index contributed by atoms with van der Waals surface area (Å²) in [6, 6.07) is 0.926. The second-order valence-corrected chi connectivity index (χ2v) is 5.30. The molecule has 2 heterocycles. The molecule has 2 aliphatic heterocycles. The molecule has 0 spiro atoms. The molecule has 0 bridgehead atoms. The molecular weight excluding hydrogens is 216 g/mol. The summed E-state index contributed by atoms with van der Waals surface area (Å²) < 4.78 is 0. The average Bonchev–Trinajstić information content (AvgIpc) is 2.76. The van der Waals surface area contributed by atoms with Crippen molar-refractivity contribution >= 4 is 5.97 Å². The fourth-order valence-corrected chi connectivity index (χ4v) is 3.33. The first kappa shape index (κ1) is 12.8. The van der Waals surface area contributed by atoms with Gasteiger partial charge in [0, 0.05) is 12.1 Å². The van der Waals surface area contributed by atoms with Crippen LogP contribution in [0, 0.1) is 0 Å². The second-order valence-electron chi connectivity index (χ2n) is 5.30. The lowest BCUT2D eigenvalue weighted by atomic mass is 10.0. The van der Waals surface area contributed by atoms with Gasteiger partial charge >= 0.3 is 5.97 Å². The normalized spacial score (nSPS) is 28.6. The first-order chi connectivity index (χ1) is 8.20. The van der Waals surface area contributed by atoms with Crippen molar-refractivity contribution in [3.8, 4) is 0 Å². The Labute approximate surface area is 104 Å². The molecule has 4 heteroatoms. The molecule has 0 aliphatic carbocycles. The van der Waals surface area contributed by atoms with Gasteiger partial charge in [-0.05, 0) is 51.9 Å². The molecule has 2 rings (SSSR count). The molecule has 0 saturated carbocycles.